The largest absolute Gasteiger partial charge is 0.389 e. The van der Waals surface area contributed by atoms with Crippen molar-refractivity contribution in [3.63, 3.8) is 0 Å². The summed E-state index contributed by atoms with van der Waals surface area (Å²) >= 11 is 1.55. The van der Waals surface area contributed by atoms with E-state index in [1.807, 2.05) is 6.92 Å². The quantitative estimate of drug-likeness (QED) is 0.830. The van der Waals surface area contributed by atoms with Gasteiger partial charge in [-0.2, -0.15) is 0 Å². The maximum Gasteiger partial charge on any atom is 0.114 e. The summed E-state index contributed by atoms with van der Waals surface area (Å²) < 4.78 is 0. The lowest BCUT2D eigenvalue weighted by molar-refractivity contribution is 0.590. The lowest BCUT2D eigenvalue weighted by atomic mass is 9.85. The third-order valence-corrected chi connectivity index (χ3v) is 3.92. The van der Waals surface area contributed by atoms with Crippen molar-refractivity contribution in [2.45, 2.75) is 40.0 Å². The summed E-state index contributed by atoms with van der Waals surface area (Å²) in [6.45, 7) is 10.8. The first-order chi connectivity index (χ1) is 8.29. The van der Waals surface area contributed by atoms with Gasteiger partial charge in [-0.25, -0.2) is 4.98 Å². The van der Waals surface area contributed by atoms with Crippen LogP contribution in [0.2, 0.25) is 0 Å². The van der Waals surface area contributed by atoms with Gasteiger partial charge in [0, 0.05) is 5.56 Å². The molecule has 0 spiro atoms. The van der Waals surface area contributed by atoms with Gasteiger partial charge in [0.25, 0.3) is 0 Å². The molecule has 1 aromatic heterocycles. The second-order valence-corrected chi connectivity index (χ2v) is 6.96. The zero-order valence-corrected chi connectivity index (χ0v) is 12.5. The first-order valence-electron chi connectivity index (χ1n) is 6.13. The van der Waals surface area contributed by atoms with Crippen molar-refractivity contribution < 1.29 is 0 Å². The number of benzene rings is 1. The number of nitrogens with two attached hydrogens (primary N) is 1. The Morgan fingerprint density at radius 1 is 1.17 bits per heavy atom. The van der Waals surface area contributed by atoms with E-state index in [9.17, 15) is 0 Å². The van der Waals surface area contributed by atoms with Crippen LogP contribution < -0.4 is 5.73 Å². The van der Waals surface area contributed by atoms with E-state index in [0.29, 0.717) is 0 Å². The molecule has 96 valence electrons. The molecular formula is C15H20N2S. The molecule has 0 atom stereocenters. The number of hydrogen-bond acceptors (Lipinski definition) is 3. The molecule has 2 rings (SSSR count). The van der Waals surface area contributed by atoms with Crippen molar-refractivity contribution in [3.05, 3.63) is 34.3 Å². The summed E-state index contributed by atoms with van der Waals surface area (Å²) in [4.78, 5) is 4.56. The van der Waals surface area contributed by atoms with Gasteiger partial charge in [0.1, 0.15) is 10.7 Å². The van der Waals surface area contributed by atoms with Gasteiger partial charge in [0.15, 0.2) is 0 Å². The van der Waals surface area contributed by atoms with E-state index in [0.717, 1.165) is 21.3 Å². The Labute approximate surface area is 113 Å². The van der Waals surface area contributed by atoms with Crippen LogP contribution in [0, 0.1) is 13.8 Å². The van der Waals surface area contributed by atoms with Crippen LogP contribution >= 0.6 is 11.3 Å². The molecule has 1 heterocycles. The molecule has 2 N–H and O–H groups in total. The Bertz CT molecular complexity index is 577. The van der Waals surface area contributed by atoms with Gasteiger partial charge in [0.2, 0.25) is 0 Å². The van der Waals surface area contributed by atoms with E-state index < -0.39 is 0 Å². The number of hydrogen-bond donors (Lipinski definition) is 1. The second kappa shape index (κ2) is 4.39. The zero-order valence-electron chi connectivity index (χ0n) is 11.7. The normalized spacial score (nSPS) is 11.8. The summed E-state index contributed by atoms with van der Waals surface area (Å²) in [5.41, 5.74) is 10.8. The summed E-state index contributed by atoms with van der Waals surface area (Å²) in [5, 5.41) is 1.82. The second-order valence-electron chi connectivity index (χ2n) is 5.73. The van der Waals surface area contributed by atoms with Crippen molar-refractivity contribution in [2.75, 3.05) is 5.73 Å². The summed E-state index contributed by atoms with van der Waals surface area (Å²) in [6, 6.07) is 6.57. The minimum atomic E-state index is 0.141. The van der Waals surface area contributed by atoms with Crippen molar-refractivity contribution in [1.82, 2.24) is 4.98 Å². The van der Waals surface area contributed by atoms with Crippen molar-refractivity contribution >= 4 is 16.3 Å². The van der Waals surface area contributed by atoms with Gasteiger partial charge in [-0.1, -0.05) is 32.9 Å². The number of nitrogen functional groups attached to an aromatic ring is 1. The zero-order chi connectivity index (χ0) is 13.5. The minimum absolute atomic E-state index is 0.141. The van der Waals surface area contributed by atoms with E-state index in [1.165, 1.54) is 11.1 Å². The van der Waals surface area contributed by atoms with Gasteiger partial charge in [-0.05, 0) is 36.5 Å². The van der Waals surface area contributed by atoms with E-state index in [1.54, 1.807) is 11.3 Å². The molecule has 0 fully saturated rings. The highest BCUT2D eigenvalue weighted by molar-refractivity contribution is 7.16. The molecule has 0 aliphatic carbocycles. The van der Waals surface area contributed by atoms with Gasteiger partial charge < -0.3 is 5.73 Å². The highest BCUT2D eigenvalue weighted by Crippen LogP contribution is 2.35. The predicted octanol–water partition coefficient (Wildman–Crippen LogP) is 4.31. The van der Waals surface area contributed by atoms with Crippen molar-refractivity contribution in [2.24, 2.45) is 0 Å². The molecule has 0 amide bonds. The predicted molar refractivity (Wildman–Crippen MR) is 80.1 cm³/mol. The van der Waals surface area contributed by atoms with Crippen LogP contribution in [0.5, 0.6) is 0 Å². The van der Waals surface area contributed by atoms with Crippen LogP contribution in [0.4, 0.5) is 5.00 Å². The van der Waals surface area contributed by atoms with Crippen LogP contribution in [-0.2, 0) is 5.41 Å². The first kappa shape index (κ1) is 13.1. The molecule has 0 saturated carbocycles. The molecule has 0 unspecified atom stereocenters. The number of aryl methyl sites for hydroxylation is 2. The Kier molecular flexibility index (Phi) is 3.20. The Hall–Kier alpha value is -1.35. The topological polar surface area (TPSA) is 38.9 Å². The number of nitrogens with zero attached hydrogens (tertiary/aromatic N) is 1. The summed E-state index contributed by atoms with van der Waals surface area (Å²) in [7, 11) is 0. The van der Waals surface area contributed by atoms with Gasteiger partial charge in [-0.3, -0.25) is 0 Å². The average Bonchev–Trinajstić information content (AvgIpc) is 2.56. The fraction of sp³-hybridized carbons (Fsp3) is 0.400. The highest BCUT2D eigenvalue weighted by Gasteiger charge is 2.17. The van der Waals surface area contributed by atoms with E-state index in [-0.39, 0.29) is 5.41 Å². The molecule has 0 radical (unpaired) electrons. The number of rotatable bonds is 1. The average molecular weight is 260 g/mol. The fourth-order valence-corrected chi connectivity index (χ4v) is 2.69. The fourth-order valence-electron chi connectivity index (χ4n) is 1.98. The molecule has 2 nitrogen and oxygen atoms in total. The van der Waals surface area contributed by atoms with Crippen molar-refractivity contribution in [1.29, 1.82) is 0 Å². The minimum Gasteiger partial charge on any atom is -0.389 e. The molecule has 1 aromatic carbocycles. The van der Waals surface area contributed by atoms with Gasteiger partial charge >= 0.3 is 0 Å². The van der Waals surface area contributed by atoms with Crippen LogP contribution in [0.15, 0.2) is 18.2 Å². The Morgan fingerprint density at radius 2 is 1.83 bits per heavy atom. The molecule has 0 saturated heterocycles. The van der Waals surface area contributed by atoms with Crippen LogP contribution in [0.1, 0.15) is 36.9 Å². The number of aromatic nitrogens is 1. The maximum absolute atomic E-state index is 6.06. The molecular weight excluding hydrogens is 240 g/mol. The van der Waals surface area contributed by atoms with E-state index in [4.69, 9.17) is 5.73 Å². The highest BCUT2D eigenvalue weighted by atomic mass is 32.1. The Balaban J connectivity index is 2.60. The summed E-state index contributed by atoms with van der Waals surface area (Å²) in [5.74, 6) is 0. The molecule has 18 heavy (non-hydrogen) atoms. The molecule has 0 aliphatic rings. The Morgan fingerprint density at radius 3 is 2.33 bits per heavy atom. The molecule has 3 heteroatoms. The summed E-state index contributed by atoms with van der Waals surface area (Å²) in [6.07, 6.45) is 0. The van der Waals surface area contributed by atoms with Crippen molar-refractivity contribution in [3.8, 4) is 11.3 Å². The van der Waals surface area contributed by atoms with Crippen LogP contribution in [0.25, 0.3) is 11.3 Å². The monoisotopic (exact) mass is 260 g/mol. The molecule has 0 aliphatic heterocycles. The third-order valence-electron chi connectivity index (χ3n) is 3.12. The SMILES string of the molecule is Cc1nc(-c2cc(C(C)(C)C)ccc2C)c(N)s1. The van der Waals surface area contributed by atoms with Crippen LogP contribution in [0.3, 0.4) is 0 Å². The van der Waals surface area contributed by atoms with Crippen LogP contribution in [-0.4, -0.2) is 4.98 Å². The smallest absolute Gasteiger partial charge is 0.114 e. The molecule has 0 bridgehead atoms. The van der Waals surface area contributed by atoms with Gasteiger partial charge in [-0.15, -0.1) is 11.3 Å². The molecule has 2 aromatic rings. The standard InChI is InChI=1S/C15H20N2S/c1-9-6-7-11(15(3,4)5)8-12(9)13-14(16)18-10(2)17-13/h6-8H,16H2,1-5H3. The number of anilines is 1. The maximum atomic E-state index is 6.06. The lowest BCUT2D eigenvalue weighted by Gasteiger charge is -2.20. The van der Waals surface area contributed by atoms with E-state index >= 15 is 0 Å². The lowest BCUT2D eigenvalue weighted by Crippen LogP contribution is -2.11. The third kappa shape index (κ3) is 2.41. The number of thiazole rings is 1. The van der Waals surface area contributed by atoms with Gasteiger partial charge in [0.05, 0.1) is 5.01 Å². The first-order valence-corrected chi connectivity index (χ1v) is 6.95. The van der Waals surface area contributed by atoms with E-state index in [2.05, 4.69) is 50.9 Å².